The van der Waals surface area contributed by atoms with Crippen molar-refractivity contribution in [2.75, 3.05) is 11.9 Å². The van der Waals surface area contributed by atoms with Gasteiger partial charge in [-0.2, -0.15) is 5.10 Å². The Balaban J connectivity index is 1.72. The van der Waals surface area contributed by atoms with Crippen LogP contribution in [0, 0.1) is 6.92 Å². The number of halogens is 1. The number of nitrogens with zero attached hydrogens (tertiary/aromatic N) is 2. The predicted molar refractivity (Wildman–Crippen MR) is 118 cm³/mol. The van der Waals surface area contributed by atoms with Crippen molar-refractivity contribution < 1.29 is 0 Å². The fourth-order valence-corrected chi connectivity index (χ4v) is 4.33. The van der Waals surface area contributed by atoms with Crippen LogP contribution in [0.4, 0.5) is 5.82 Å². The Kier molecular flexibility index (Phi) is 4.33. The number of hydrogen-bond donors (Lipinski definition) is 1. The number of aromatic nitrogens is 2. The summed E-state index contributed by atoms with van der Waals surface area (Å²) in [6.45, 7) is 3.06. The van der Waals surface area contributed by atoms with Gasteiger partial charge in [0.25, 0.3) is 0 Å². The van der Waals surface area contributed by atoms with Crippen molar-refractivity contribution >= 4 is 28.2 Å². The van der Waals surface area contributed by atoms with Gasteiger partial charge in [-0.1, -0.05) is 48.0 Å². The molecule has 0 fully saturated rings. The highest BCUT2D eigenvalue weighted by atomic mass is 35.5. The SMILES string of the molecule is Cc1cc(Cl)ccc1-n1nc(-c2ccc3ccccc3c2)c2c1NCCCC2. The topological polar surface area (TPSA) is 29.9 Å². The van der Waals surface area contributed by atoms with E-state index in [0.717, 1.165) is 40.8 Å². The molecule has 4 heteroatoms. The van der Waals surface area contributed by atoms with Crippen molar-refractivity contribution in [1.82, 2.24) is 9.78 Å². The zero-order valence-electron chi connectivity index (χ0n) is 15.9. The molecular formula is C24H22ClN3. The van der Waals surface area contributed by atoms with Gasteiger partial charge in [-0.3, -0.25) is 0 Å². The highest BCUT2D eigenvalue weighted by molar-refractivity contribution is 6.30. The summed E-state index contributed by atoms with van der Waals surface area (Å²) in [6.07, 6.45) is 3.38. The smallest absolute Gasteiger partial charge is 0.133 e. The van der Waals surface area contributed by atoms with E-state index in [1.807, 2.05) is 12.1 Å². The average molecular weight is 388 g/mol. The molecule has 4 aromatic rings. The van der Waals surface area contributed by atoms with Crippen LogP contribution in [0.5, 0.6) is 0 Å². The van der Waals surface area contributed by atoms with Gasteiger partial charge >= 0.3 is 0 Å². The molecule has 3 aromatic carbocycles. The molecule has 0 amide bonds. The molecule has 0 atom stereocenters. The Morgan fingerprint density at radius 3 is 2.68 bits per heavy atom. The fourth-order valence-electron chi connectivity index (χ4n) is 4.10. The molecule has 0 unspecified atom stereocenters. The molecule has 0 spiro atoms. The van der Waals surface area contributed by atoms with Crippen molar-refractivity contribution in [3.63, 3.8) is 0 Å². The second-order valence-electron chi connectivity index (χ2n) is 7.46. The quantitative estimate of drug-likeness (QED) is 0.431. The maximum absolute atomic E-state index is 6.19. The molecule has 140 valence electrons. The normalized spacial score (nSPS) is 13.8. The Morgan fingerprint density at radius 1 is 0.964 bits per heavy atom. The van der Waals surface area contributed by atoms with E-state index in [1.54, 1.807) is 0 Å². The fraction of sp³-hybridized carbons (Fsp3) is 0.208. The first-order chi connectivity index (χ1) is 13.7. The first-order valence-electron chi connectivity index (χ1n) is 9.82. The lowest BCUT2D eigenvalue weighted by molar-refractivity contribution is 0.779. The van der Waals surface area contributed by atoms with Crippen LogP contribution in [0.25, 0.3) is 27.7 Å². The van der Waals surface area contributed by atoms with Gasteiger partial charge in [0.05, 0.1) is 11.4 Å². The Morgan fingerprint density at radius 2 is 1.82 bits per heavy atom. The minimum atomic E-state index is 0.752. The van der Waals surface area contributed by atoms with Crippen LogP contribution in [-0.4, -0.2) is 16.3 Å². The second-order valence-corrected chi connectivity index (χ2v) is 7.90. The number of anilines is 1. The van der Waals surface area contributed by atoms with Gasteiger partial charge in [0.2, 0.25) is 0 Å². The van der Waals surface area contributed by atoms with Crippen molar-refractivity contribution in [2.24, 2.45) is 0 Å². The molecule has 0 saturated carbocycles. The minimum absolute atomic E-state index is 0.752. The van der Waals surface area contributed by atoms with Crippen molar-refractivity contribution in [2.45, 2.75) is 26.2 Å². The molecule has 0 bridgehead atoms. The third-order valence-electron chi connectivity index (χ3n) is 5.54. The standard InChI is InChI=1S/C24H22ClN3/c1-16-14-20(25)11-12-22(16)28-24-21(8-4-5-13-26-24)23(27-28)19-10-9-17-6-2-3-7-18(17)15-19/h2-3,6-7,9-12,14-15,26H,4-5,8,13H2,1H3. The summed E-state index contributed by atoms with van der Waals surface area (Å²) in [6, 6.07) is 21.1. The van der Waals surface area contributed by atoms with Gasteiger partial charge in [0.15, 0.2) is 0 Å². The number of benzene rings is 3. The molecule has 1 aromatic heterocycles. The van der Waals surface area contributed by atoms with E-state index >= 15 is 0 Å². The Bertz CT molecular complexity index is 1180. The monoisotopic (exact) mass is 387 g/mol. The summed E-state index contributed by atoms with van der Waals surface area (Å²) in [7, 11) is 0. The van der Waals surface area contributed by atoms with Gasteiger partial charge in [-0.15, -0.1) is 0 Å². The molecule has 5 rings (SSSR count). The molecule has 28 heavy (non-hydrogen) atoms. The average Bonchev–Trinajstić information content (AvgIpc) is 2.89. The van der Waals surface area contributed by atoms with Gasteiger partial charge in [0.1, 0.15) is 5.82 Å². The molecular weight excluding hydrogens is 366 g/mol. The van der Waals surface area contributed by atoms with Gasteiger partial charge < -0.3 is 5.32 Å². The lowest BCUT2D eigenvalue weighted by Crippen LogP contribution is -2.08. The number of fused-ring (bicyclic) bond motifs is 2. The molecule has 0 saturated heterocycles. The van der Waals surface area contributed by atoms with Crippen molar-refractivity contribution in [1.29, 1.82) is 0 Å². The van der Waals surface area contributed by atoms with E-state index in [4.69, 9.17) is 16.7 Å². The van der Waals surface area contributed by atoms with Crippen LogP contribution >= 0.6 is 11.6 Å². The zero-order valence-corrected chi connectivity index (χ0v) is 16.6. The van der Waals surface area contributed by atoms with E-state index in [9.17, 15) is 0 Å². The summed E-state index contributed by atoms with van der Waals surface area (Å²) >= 11 is 6.19. The molecule has 0 aliphatic carbocycles. The summed E-state index contributed by atoms with van der Waals surface area (Å²) in [5, 5.41) is 12.0. The van der Waals surface area contributed by atoms with E-state index in [2.05, 4.69) is 65.5 Å². The molecule has 1 aliphatic heterocycles. The predicted octanol–water partition coefficient (Wildman–Crippen LogP) is 6.40. The summed E-state index contributed by atoms with van der Waals surface area (Å²) in [4.78, 5) is 0. The first-order valence-corrected chi connectivity index (χ1v) is 10.2. The summed E-state index contributed by atoms with van der Waals surface area (Å²) < 4.78 is 2.07. The van der Waals surface area contributed by atoms with Crippen LogP contribution in [0.1, 0.15) is 24.0 Å². The van der Waals surface area contributed by atoms with E-state index in [1.165, 1.54) is 34.7 Å². The van der Waals surface area contributed by atoms with Crippen molar-refractivity contribution in [3.05, 3.63) is 76.8 Å². The third kappa shape index (κ3) is 2.96. The molecule has 0 radical (unpaired) electrons. The second kappa shape index (κ2) is 6.99. The van der Waals surface area contributed by atoms with Crippen LogP contribution in [-0.2, 0) is 6.42 Å². The van der Waals surface area contributed by atoms with Crippen LogP contribution in [0.3, 0.4) is 0 Å². The van der Waals surface area contributed by atoms with Gasteiger partial charge in [-0.25, -0.2) is 4.68 Å². The summed E-state index contributed by atoms with van der Waals surface area (Å²) in [5.74, 6) is 1.12. The molecule has 1 aliphatic rings. The number of rotatable bonds is 2. The first kappa shape index (κ1) is 17.3. The highest BCUT2D eigenvalue weighted by Crippen LogP contribution is 2.36. The third-order valence-corrected chi connectivity index (χ3v) is 5.77. The molecule has 3 nitrogen and oxygen atoms in total. The van der Waals surface area contributed by atoms with Gasteiger partial charge in [-0.05, 0) is 66.8 Å². The minimum Gasteiger partial charge on any atom is -0.370 e. The zero-order chi connectivity index (χ0) is 19.1. The number of nitrogens with one attached hydrogen (secondary N) is 1. The highest BCUT2D eigenvalue weighted by Gasteiger charge is 2.22. The van der Waals surface area contributed by atoms with Crippen LogP contribution < -0.4 is 5.32 Å². The number of hydrogen-bond acceptors (Lipinski definition) is 2. The Labute approximate surface area is 170 Å². The maximum Gasteiger partial charge on any atom is 0.133 e. The molecule has 2 heterocycles. The van der Waals surface area contributed by atoms with E-state index in [-0.39, 0.29) is 0 Å². The van der Waals surface area contributed by atoms with E-state index < -0.39 is 0 Å². The van der Waals surface area contributed by atoms with E-state index in [0.29, 0.717) is 0 Å². The lowest BCUT2D eigenvalue weighted by Gasteiger charge is -2.11. The van der Waals surface area contributed by atoms with Gasteiger partial charge in [0, 0.05) is 22.7 Å². The maximum atomic E-state index is 6.19. The molecule has 1 N–H and O–H groups in total. The van der Waals surface area contributed by atoms with Crippen LogP contribution in [0.2, 0.25) is 5.02 Å². The largest absolute Gasteiger partial charge is 0.370 e. The summed E-state index contributed by atoms with van der Waals surface area (Å²) in [5.41, 5.74) is 5.74. The lowest BCUT2D eigenvalue weighted by atomic mass is 10.0. The van der Waals surface area contributed by atoms with Crippen molar-refractivity contribution in [3.8, 4) is 16.9 Å². The Hall–Kier alpha value is -2.78. The number of aryl methyl sites for hydroxylation is 1. The van der Waals surface area contributed by atoms with Crippen LogP contribution in [0.15, 0.2) is 60.7 Å².